The molecule has 27 heavy (non-hydrogen) atoms. The van der Waals surface area contributed by atoms with Crippen LogP contribution in [-0.4, -0.2) is 85.6 Å². The average Bonchev–Trinajstić information content (AvgIpc) is 3.01. The van der Waals surface area contributed by atoms with E-state index >= 15 is 0 Å². The van der Waals surface area contributed by atoms with Crippen LogP contribution in [0, 0.1) is 0 Å². The number of methoxy groups -OCH3 is 2. The molecule has 154 valence electrons. The van der Waals surface area contributed by atoms with Crippen LogP contribution in [0.1, 0.15) is 18.1 Å². The predicted molar refractivity (Wildman–Crippen MR) is 112 cm³/mol. The van der Waals surface area contributed by atoms with E-state index in [1.165, 1.54) is 4.90 Å². The molecule has 1 amide bonds. The van der Waals surface area contributed by atoms with Crippen LogP contribution in [0.5, 0.6) is 0 Å². The highest BCUT2D eigenvalue weighted by atomic mass is 127. The molecule has 0 aromatic carbocycles. The van der Waals surface area contributed by atoms with Gasteiger partial charge in [-0.05, 0) is 6.42 Å². The number of aryl methyl sites for hydroxylation is 1. The second-order valence-corrected chi connectivity index (χ2v) is 6.31. The molecule has 2 rings (SSSR count). The lowest BCUT2D eigenvalue weighted by molar-refractivity contribution is -0.127. The van der Waals surface area contributed by atoms with Gasteiger partial charge >= 0.3 is 0 Å². The van der Waals surface area contributed by atoms with Crippen molar-refractivity contribution in [1.29, 1.82) is 0 Å². The third-order valence-electron chi connectivity index (χ3n) is 3.99. The average molecular weight is 495 g/mol. The molecule has 11 heteroatoms. The minimum atomic E-state index is -0.0516. The number of rotatable bonds is 8. The van der Waals surface area contributed by atoms with Gasteiger partial charge in [0.2, 0.25) is 5.91 Å². The molecular weight excluding hydrogens is 465 g/mol. The number of likely N-dealkylation sites (N-methyl/N-ethyl adjacent to an activating group) is 1. The molecule has 1 aromatic heterocycles. The molecule has 0 radical (unpaired) electrons. The van der Waals surface area contributed by atoms with Crippen molar-refractivity contribution in [3.63, 3.8) is 0 Å². The molecule has 1 aliphatic rings. The van der Waals surface area contributed by atoms with Crippen LogP contribution in [0.3, 0.4) is 0 Å². The first-order chi connectivity index (χ1) is 12.5. The van der Waals surface area contributed by atoms with Crippen LogP contribution in [0.15, 0.2) is 4.99 Å². The highest BCUT2D eigenvalue weighted by molar-refractivity contribution is 14.0. The molecule has 0 bridgehead atoms. The van der Waals surface area contributed by atoms with Crippen LogP contribution >= 0.6 is 24.0 Å². The van der Waals surface area contributed by atoms with Gasteiger partial charge in [0.15, 0.2) is 11.8 Å². The van der Waals surface area contributed by atoms with Crippen LogP contribution in [0.25, 0.3) is 0 Å². The fraction of sp³-hybridized carbons (Fsp3) is 0.750. The Morgan fingerprint density at radius 2 is 2.15 bits per heavy atom. The highest BCUT2D eigenvalue weighted by Gasteiger charge is 2.22. The highest BCUT2D eigenvalue weighted by Crippen LogP contribution is 2.13. The van der Waals surface area contributed by atoms with Crippen molar-refractivity contribution in [2.45, 2.75) is 32.0 Å². The summed E-state index contributed by atoms with van der Waals surface area (Å²) in [5, 5.41) is 11.0. The third kappa shape index (κ3) is 7.58. The zero-order valence-corrected chi connectivity index (χ0v) is 18.7. The van der Waals surface area contributed by atoms with Crippen molar-refractivity contribution in [1.82, 2.24) is 30.3 Å². The molecule has 0 saturated carbocycles. The molecular formula is C16H30IN7O3. The second-order valence-electron chi connectivity index (χ2n) is 6.31. The summed E-state index contributed by atoms with van der Waals surface area (Å²) in [4.78, 5) is 22.2. The number of hydrogen-bond acceptors (Lipinski definition) is 6. The normalized spacial score (nSPS) is 16.3. The number of aromatic nitrogens is 3. The van der Waals surface area contributed by atoms with Crippen molar-refractivity contribution >= 4 is 35.8 Å². The number of guanidine groups is 1. The standard InChI is InChI=1S/C16H29N7O3.HI/c1-22(2)15(24)9-18-16(17-7-8-25-3)19-12-5-6-14-20-13(11-26-4)21-23(14)10-12;/h12H,5-11H2,1-4H3,(H2,17,18,19);1H. The summed E-state index contributed by atoms with van der Waals surface area (Å²) in [6, 6.07) is 0.155. The van der Waals surface area contributed by atoms with Crippen LogP contribution in [0.4, 0.5) is 0 Å². The smallest absolute Gasteiger partial charge is 0.243 e. The van der Waals surface area contributed by atoms with Gasteiger partial charge in [-0.2, -0.15) is 5.10 Å². The van der Waals surface area contributed by atoms with Gasteiger partial charge in [0, 0.05) is 47.3 Å². The maximum Gasteiger partial charge on any atom is 0.243 e. The van der Waals surface area contributed by atoms with Crippen molar-refractivity contribution in [2.24, 2.45) is 4.99 Å². The Labute approximate surface area is 177 Å². The van der Waals surface area contributed by atoms with E-state index in [9.17, 15) is 4.79 Å². The summed E-state index contributed by atoms with van der Waals surface area (Å²) in [6.45, 7) is 2.36. The van der Waals surface area contributed by atoms with E-state index in [1.807, 2.05) is 4.68 Å². The van der Waals surface area contributed by atoms with Crippen molar-refractivity contribution < 1.29 is 14.3 Å². The van der Waals surface area contributed by atoms with Crippen molar-refractivity contribution in [3.8, 4) is 0 Å². The number of halogens is 1. The Kier molecular flexibility index (Phi) is 10.5. The number of ether oxygens (including phenoxy) is 2. The van der Waals surface area contributed by atoms with E-state index in [-0.39, 0.29) is 42.5 Å². The summed E-state index contributed by atoms with van der Waals surface area (Å²) in [7, 11) is 6.71. The fourth-order valence-electron chi connectivity index (χ4n) is 2.57. The molecule has 0 aliphatic carbocycles. The Morgan fingerprint density at radius 1 is 1.37 bits per heavy atom. The molecule has 1 atom stereocenters. The lowest BCUT2D eigenvalue weighted by atomic mass is 10.1. The van der Waals surface area contributed by atoms with Gasteiger partial charge in [-0.1, -0.05) is 0 Å². The molecule has 1 unspecified atom stereocenters. The molecule has 0 spiro atoms. The summed E-state index contributed by atoms with van der Waals surface area (Å²) in [5.74, 6) is 2.22. The lowest BCUT2D eigenvalue weighted by Crippen LogP contribution is -2.48. The summed E-state index contributed by atoms with van der Waals surface area (Å²) in [6.07, 6.45) is 1.74. The molecule has 1 aliphatic heterocycles. The van der Waals surface area contributed by atoms with Gasteiger partial charge in [-0.25, -0.2) is 14.7 Å². The fourth-order valence-corrected chi connectivity index (χ4v) is 2.57. The Morgan fingerprint density at radius 3 is 2.81 bits per heavy atom. The quantitative estimate of drug-likeness (QED) is 0.219. The minimum Gasteiger partial charge on any atom is -0.383 e. The SMILES string of the molecule is COCCNC(=NCC(=O)N(C)C)NC1CCc2nc(COC)nn2C1.I. The first-order valence-electron chi connectivity index (χ1n) is 8.69. The number of fused-ring (bicyclic) bond motifs is 1. The van der Waals surface area contributed by atoms with Gasteiger partial charge in [-0.3, -0.25) is 4.79 Å². The van der Waals surface area contributed by atoms with E-state index in [0.717, 1.165) is 18.7 Å². The van der Waals surface area contributed by atoms with E-state index in [0.29, 0.717) is 38.1 Å². The number of nitrogens with zero attached hydrogens (tertiary/aromatic N) is 5. The zero-order valence-electron chi connectivity index (χ0n) is 16.4. The van der Waals surface area contributed by atoms with Crippen LogP contribution < -0.4 is 10.6 Å². The van der Waals surface area contributed by atoms with Gasteiger partial charge in [0.25, 0.3) is 0 Å². The topological polar surface area (TPSA) is 106 Å². The van der Waals surface area contributed by atoms with Gasteiger partial charge in [0.05, 0.1) is 13.2 Å². The lowest BCUT2D eigenvalue weighted by Gasteiger charge is -2.25. The molecule has 2 heterocycles. The van der Waals surface area contributed by atoms with Crippen LogP contribution in [0.2, 0.25) is 0 Å². The first kappa shape index (κ1) is 23.6. The van der Waals surface area contributed by atoms with Crippen molar-refractivity contribution in [3.05, 3.63) is 11.6 Å². The number of nitrogens with one attached hydrogen (secondary N) is 2. The molecule has 0 fully saturated rings. The summed E-state index contributed by atoms with van der Waals surface area (Å²) in [5.41, 5.74) is 0. The number of hydrogen-bond donors (Lipinski definition) is 2. The van der Waals surface area contributed by atoms with E-state index in [4.69, 9.17) is 9.47 Å². The number of carbonyl (C=O) groups is 1. The molecule has 10 nitrogen and oxygen atoms in total. The number of carbonyl (C=O) groups excluding carboxylic acids is 1. The zero-order chi connectivity index (χ0) is 18.9. The van der Waals surface area contributed by atoms with Gasteiger partial charge < -0.3 is 25.0 Å². The molecule has 2 N–H and O–H groups in total. The third-order valence-corrected chi connectivity index (χ3v) is 3.99. The van der Waals surface area contributed by atoms with E-state index < -0.39 is 0 Å². The van der Waals surface area contributed by atoms with E-state index in [2.05, 4.69) is 25.7 Å². The Hall–Kier alpha value is -1.47. The summed E-state index contributed by atoms with van der Waals surface area (Å²) >= 11 is 0. The Bertz CT molecular complexity index is 621. The predicted octanol–water partition coefficient (Wildman–Crippen LogP) is -0.373. The monoisotopic (exact) mass is 495 g/mol. The number of aliphatic imine (C=N–C) groups is 1. The Balaban J connectivity index is 0.00000364. The van der Waals surface area contributed by atoms with Crippen LogP contribution in [-0.2, 0) is 33.8 Å². The van der Waals surface area contributed by atoms with E-state index in [1.54, 1.807) is 28.3 Å². The van der Waals surface area contributed by atoms with Crippen molar-refractivity contribution in [2.75, 3.05) is 48.0 Å². The summed E-state index contributed by atoms with van der Waals surface area (Å²) < 4.78 is 12.1. The first-order valence-corrected chi connectivity index (χ1v) is 8.69. The molecule has 1 aromatic rings. The minimum absolute atomic E-state index is 0. The molecule has 0 saturated heterocycles. The maximum absolute atomic E-state index is 11.8. The second kappa shape index (κ2) is 12.1. The largest absolute Gasteiger partial charge is 0.383 e. The van der Waals surface area contributed by atoms with Gasteiger partial charge in [0.1, 0.15) is 19.0 Å². The maximum atomic E-state index is 11.8. The van der Waals surface area contributed by atoms with Gasteiger partial charge in [-0.15, -0.1) is 24.0 Å². The number of amides is 1.